The van der Waals surface area contributed by atoms with Crippen LogP contribution < -0.4 is 11.1 Å². The molecule has 1 amide bonds. The molecule has 0 unspecified atom stereocenters. The molecule has 1 rings (SSSR count). The number of amides is 1. The molecule has 118 valence electrons. The van der Waals surface area contributed by atoms with Gasteiger partial charge in [-0.1, -0.05) is 52.4 Å². The summed E-state index contributed by atoms with van der Waals surface area (Å²) in [4.78, 5) is 13.7. The van der Waals surface area contributed by atoms with Gasteiger partial charge in [0.1, 0.15) is 0 Å². The van der Waals surface area contributed by atoms with Crippen molar-refractivity contribution >= 4 is 5.91 Å². The maximum absolute atomic E-state index is 11.4. The van der Waals surface area contributed by atoms with E-state index < -0.39 is 0 Å². The monoisotopic (exact) mass is 283 g/mol. The SMILES string of the molecule is CCCCCC1(CCCCC)CNCCN1CC(N)=O. The van der Waals surface area contributed by atoms with Crippen molar-refractivity contribution in [1.82, 2.24) is 10.2 Å². The lowest BCUT2D eigenvalue weighted by Crippen LogP contribution is -2.62. The number of carbonyl (C=O) groups excluding carboxylic acids is 1. The Bertz CT molecular complexity index is 271. The van der Waals surface area contributed by atoms with Crippen LogP contribution in [0.2, 0.25) is 0 Å². The van der Waals surface area contributed by atoms with E-state index in [1.54, 1.807) is 0 Å². The third-order valence-corrected chi connectivity index (χ3v) is 4.52. The van der Waals surface area contributed by atoms with Crippen molar-refractivity contribution in [2.24, 2.45) is 5.73 Å². The first kappa shape index (κ1) is 17.4. The summed E-state index contributed by atoms with van der Waals surface area (Å²) < 4.78 is 0. The first-order valence-corrected chi connectivity index (χ1v) is 8.38. The summed E-state index contributed by atoms with van der Waals surface area (Å²) in [6.07, 6.45) is 9.91. The number of hydrogen-bond donors (Lipinski definition) is 2. The minimum absolute atomic E-state index is 0.150. The van der Waals surface area contributed by atoms with Gasteiger partial charge in [0.25, 0.3) is 0 Å². The number of rotatable bonds is 10. The fraction of sp³-hybridized carbons (Fsp3) is 0.938. The Kier molecular flexibility index (Phi) is 8.15. The zero-order valence-corrected chi connectivity index (χ0v) is 13.4. The minimum atomic E-state index is -0.192. The number of unbranched alkanes of at least 4 members (excludes halogenated alkanes) is 4. The van der Waals surface area contributed by atoms with Crippen LogP contribution in [-0.4, -0.2) is 42.5 Å². The molecule has 0 aromatic heterocycles. The second-order valence-corrected chi connectivity index (χ2v) is 6.20. The number of hydrogen-bond acceptors (Lipinski definition) is 3. The minimum Gasteiger partial charge on any atom is -0.369 e. The van der Waals surface area contributed by atoms with E-state index in [1.807, 2.05) is 0 Å². The summed E-state index contributed by atoms with van der Waals surface area (Å²) in [6, 6.07) is 0. The predicted octanol–water partition coefficient (Wildman–Crippen LogP) is 2.28. The van der Waals surface area contributed by atoms with E-state index in [2.05, 4.69) is 24.1 Å². The number of piperazine rings is 1. The maximum atomic E-state index is 11.4. The molecule has 0 aromatic carbocycles. The summed E-state index contributed by atoms with van der Waals surface area (Å²) in [5.41, 5.74) is 5.60. The zero-order chi connectivity index (χ0) is 14.8. The van der Waals surface area contributed by atoms with E-state index in [0.29, 0.717) is 6.54 Å². The van der Waals surface area contributed by atoms with Gasteiger partial charge in [-0.2, -0.15) is 0 Å². The molecule has 0 bridgehead atoms. The zero-order valence-electron chi connectivity index (χ0n) is 13.4. The van der Waals surface area contributed by atoms with Crippen molar-refractivity contribution in [3.63, 3.8) is 0 Å². The molecule has 0 radical (unpaired) electrons. The molecular formula is C16H33N3O. The van der Waals surface area contributed by atoms with Crippen molar-refractivity contribution in [2.75, 3.05) is 26.2 Å². The van der Waals surface area contributed by atoms with Crippen LogP contribution >= 0.6 is 0 Å². The quantitative estimate of drug-likeness (QED) is 0.605. The number of nitrogens with one attached hydrogen (secondary N) is 1. The molecule has 0 atom stereocenters. The first-order chi connectivity index (χ1) is 9.64. The van der Waals surface area contributed by atoms with Crippen molar-refractivity contribution in [1.29, 1.82) is 0 Å². The number of primary amides is 1. The van der Waals surface area contributed by atoms with E-state index in [1.165, 1.54) is 51.4 Å². The number of nitrogens with zero attached hydrogens (tertiary/aromatic N) is 1. The number of nitrogens with two attached hydrogens (primary N) is 1. The molecule has 1 fully saturated rings. The predicted molar refractivity (Wildman–Crippen MR) is 84.7 cm³/mol. The lowest BCUT2D eigenvalue weighted by molar-refractivity contribution is -0.121. The Morgan fingerprint density at radius 3 is 2.25 bits per heavy atom. The Morgan fingerprint density at radius 1 is 1.15 bits per heavy atom. The largest absolute Gasteiger partial charge is 0.369 e. The average molecular weight is 283 g/mol. The van der Waals surface area contributed by atoms with E-state index in [4.69, 9.17) is 5.73 Å². The van der Waals surface area contributed by atoms with Crippen LogP contribution in [0.5, 0.6) is 0 Å². The Hall–Kier alpha value is -0.610. The van der Waals surface area contributed by atoms with Crippen molar-refractivity contribution in [3.8, 4) is 0 Å². The molecule has 4 nitrogen and oxygen atoms in total. The third-order valence-electron chi connectivity index (χ3n) is 4.52. The molecule has 0 aliphatic carbocycles. The summed E-state index contributed by atoms with van der Waals surface area (Å²) in [5.74, 6) is -0.192. The van der Waals surface area contributed by atoms with E-state index >= 15 is 0 Å². The molecule has 3 N–H and O–H groups in total. The lowest BCUT2D eigenvalue weighted by atomic mass is 9.83. The molecule has 1 saturated heterocycles. The second-order valence-electron chi connectivity index (χ2n) is 6.20. The molecule has 1 aliphatic rings. The standard InChI is InChI=1S/C16H33N3O/c1-3-5-7-9-16(10-8-6-4-2)14-18-11-12-19(16)13-15(17)20/h18H,3-14H2,1-2H3,(H2,17,20). The molecule has 0 spiro atoms. The van der Waals surface area contributed by atoms with Gasteiger partial charge in [0.2, 0.25) is 5.91 Å². The van der Waals surface area contributed by atoms with Crippen LogP contribution in [0.25, 0.3) is 0 Å². The van der Waals surface area contributed by atoms with Gasteiger partial charge in [-0.15, -0.1) is 0 Å². The van der Waals surface area contributed by atoms with Crippen LogP contribution in [0.3, 0.4) is 0 Å². The number of carbonyl (C=O) groups is 1. The molecule has 1 aliphatic heterocycles. The maximum Gasteiger partial charge on any atom is 0.231 e. The Morgan fingerprint density at radius 2 is 1.75 bits per heavy atom. The van der Waals surface area contributed by atoms with E-state index in [9.17, 15) is 4.79 Å². The van der Waals surface area contributed by atoms with Gasteiger partial charge >= 0.3 is 0 Å². The van der Waals surface area contributed by atoms with Gasteiger partial charge in [0.05, 0.1) is 6.54 Å². The first-order valence-electron chi connectivity index (χ1n) is 8.38. The van der Waals surface area contributed by atoms with Crippen molar-refractivity contribution in [2.45, 2.75) is 70.8 Å². The Balaban J connectivity index is 2.70. The van der Waals surface area contributed by atoms with Gasteiger partial charge in [-0.05, 0) is 12.8 Å². The normalized spacial score (nSPS) is 19.1. The molecule has 4 heteroatoms. The second kappa shape index (κ2) is 9.35. The van der Waals surface area contributed by atoms with Crippen LogP contribution in [0.15, 0.2) is 0 Å². The highest BCUT2D eigenvalue weighted by Crippen LogP contribution is 2.30. The van der Waals surface area contributed by atoms with Crippen LogP contribution in [0, 0.1) is 0 Å². The van der Waals surface area contributed by atoms with Crippen molar-refractivity contribution < 1.29 is 4.79 Å². The average Bonchev–Trinajstić information content (AvgIpc) is 2.41. The molecule has 0 saturated carbocycles. The van der Waals surface area contributed by atoms with E-state index in [0.717, 1.165) is 19.6 Å². The van der Waals surface area contributed by atoms with Gasteiger partial charge in [-0.25, -0.2) is 0 Å². The molecule has 20 heavy (non-hydrogen) atoms. The van der Waals surface area contributed by atoms with Crippen molar-refractivity contribution in [3.05, 3.63) is 0 Å². The van der Waals surface area contributed by atoms with Gasteiger partial charge in [0.15, 0.2) is 0 Å². The fourth-order valence-electron chi connectivity index (χ4n) is 3.35. The molecule has 1 heterocycles. The highest BCUT2D eigenvalue weighted by atomic mass is 16.1. The summed E-state index contributed by atoms with van der Waals surface area (Å²) in [7, 11) is 0. The van der Waals surface area contributed by atoms with Gasteiger partial charge < -0.3 is 11.1 Å². The Labute approximate surface area is 124 Å². The van der Waals surface area contributed by atoms with Crippen LogP contribution in [0.1, 0.15) is 65.2 Å². The van der Waals surface area contributed by atoms with Gasteiger partial charge in [0, 0.05) is 25.2 Å². The summed E-state index contributed by atoms with van der Waals surface area (Å²) in [5, 5.41) is 3.54. The van der Waals surface area contributed by atoms with E-state index in [-0.39, 0.29) is 11.4 Å². The topological polar surface area (TPSA) is 58.4 Å². The fourth-order valence-corrected chi connectivity index (χ4v) is 3.35. The highest BCUT2D eigenvalue weighted by Gasteiger charge is 2.38. The molecule has 0 aromatic rings. The smallest absolute Gasteiger partial charge is 0.231 e. The van der Waals surface area contributed by atoms with Crippen LogP contribution in [0.4, 0.5) is 0 Å². The molecular weight excluding hydrogens is 250 g/mol. The van der Waals surface area contributed by atoms with Crippen LogP contribution in [-0.2, 0) is 4.79 Å². The van der Waals surface area contributed by atoms with Gasteiger partial charge in [-0.3, -0.25) is 9.69 Å². The summed E-state index contributed by atoms with van der Waals surface area (Å²) >= 11 is 0. The summed E-state index contributed by atoms with van der Waals surface area (Å²) in [6.45, 7) is 7.82. The highest BCUT2D eigenvalue weighted by molar-refractivity contribution is 5.76. The third kappa shape index (κ3) is 5.41. The lowest BCUT2D eigenvalue weighted by Gasteiger charge is -2.48.